The molecule has 2 heterocycles. The van der Waals surface area contributed by atoms with Crippen molar-refractivity contribution < 1.29 is 9.59 Å². The van der Waals surface area contributed by atoms with E-state index >= 15 is 0 Å². The molecule has 5 heteroatoms. The summed E-state index contributed by atoms with van der Waals surface area (Å²) in [5.74, 6) is -0.223. The maximum Gasteiger partial charge on any atom is 0.223 e. The Bertz CT molecular complexity index is 434. The van der Waals surface area contributed by atoms with Gasteiger partial charge in [-0.15, -0.1) is 0 Å². The van der Waals surface area contributed by atoms with Crippen LogP contribution in [0.25, 0.3) is 0 Å². The zero-order valence-electron chi connectivity index (χ0n) is 8.57. The number of hydrogen-bond acceptors (Lipinski definition) is 3. The van der Waals surface area contributed by atoms with Gasteiger partial charge in [0.25, 0.3) is 0 Å². The summed E-state index contributed by atoms with van der Waals surface area (Å²) >= 11 is 3.26. The topological polar surface area (TPSA) is 59.1 Å². The number of nitrogens with zero attached hydrogens (tertiary/aromatic N) is 1. The molecule has 0 aliphatic carbocycles. The molecule has 1 saturated heterocycles. The van der Waals surface area contributed by atoms with Crippen molar-refractivity contribution in [2.75, 3.05) is 6.54 Å². The number of hydrogen-bond donors (Lipinski definition) is 1. The molecule has 0 spiro atoms. The second-order valence-corrected chi connectivity index (χ2v) is 4.71. The van der Waals surface area contributed by atoms with Crippen molar-refractivity contribution in [1.82, 2.24) is 10.3 Å². The van der Waals surface area contributed by atoms with Gasteiger partial charge in [-0.25, -0.2) is 0 Å². The number of halogens is 1. The van der Waals surface area contributed by atoms with Crippen molar-refractivity contribution >= 4 is 27.6 Å². The first kappa shape index (κ1) is 11.3. The van der Waals surface area contributed by atoms with E-state index in [-0.39, 0.29) is 24.0 Å². The minimum atomic E-state index is -0.175. The van der Waals surface area contributed by atoms with Gasteiger partial charge < -0.3 is 5.32 Å². The number of Topliss-reactive ketones (excluding diaryl/α,β-unsaturated/α-hetero) is 1. The number of pyridine rings is 1. The smallest absolute Gasteiger partial charge is 0.223 e. The summed E-state index contributed by atoms with van der Waals surface area (Å²) in [4.78, 5) is 27.1. The largest absolute Gasteiger partial charge is 0.356 e. The Labute approximate surface area is 102 Å². The van der Waals surface area contributed by atoms with E-state index in [1.807, 2.05) is 0 Å². The molecule has 84 valence electrons. The normalized spacial score (nSPS) is 19.6. The molecule has 1 aliphatic heterocycles. The molecular formula is C11H11BrN2O2. The highest BCUT2D eigenvalue weighted by atomic mass is 79.9. The lowest BCUT2D eigenvalue weighted by atomic mass is 9.98. The second-order valence-electron chi connectivity index (χ2n) is 3.80. The van der Waals surface area contributed by atoms with Gasteiger partial charge in [-0.3, -0.25) is 14.6 Å². The first-order valence-corrected chi connectivity index (χ1v) is 5.87. The molecule has 1 N–H and O–H groups in total. The Morgan fingerprint density at radius 1 is 1.56 bits per heavy atom. The van der Waals surface area contributed by atoms with Gasteiger partial charge in [-0.05, 0) is 28.4 Å². The van der Waals surface area contributed by atoms with E-state index in [4.69, 9.17) is 0 Å². The summed E-state index contributed by atoms with van der Waals surface area (Å²) < 4.78 is 0.772. The first-order valence-electron chi connectivity index (χ1n) is 5.08. The number of carbonyl (C=O) groups excluding carboxylic acids is 2. The first-order chi connectivity index (χ1) is 7.66. The number of ketones is 1. The number of rotatable bonds is 3. The van der Waals surface area contributed by atoms with E-state index in [1.165, 1.54) is 6.20 Å². The molecule has 2 rings (SSSR count). The maximum absolute atomic E-state index is 11.9. The highest BCUT2D eigenvalue weighted by molar-refractivity contribution is 9.10. The van der Waals surface area contributed by atoms with Gasteiger partial charge in [0.2, 0.25) is 5.91 Å². The predicted molar refractivity (Wildman–Crippen MR) is 62.0 cm³/mol. The molecule has 1 fully saturated rings. The quantitative estimate of drug-likeness (QED) is 0.856. The highest BCUT2D eigenvalue weighted by Crippen LogP contribution is 2.18. The second kappa shape index (κ2) is 4.74. The average molecular weight is 283 g/mol. The number of aromatic nitrogens is 1. The third-order valence-electron chi connectivity index (χ3n) is 2.62. The van der Waals surface area contributed by atoms with Gasteiger partial charge >= 0.3 is 0 Å². The molecule has 0 bridgehead atoms. The van der Waals surface area contributed by atoms with Gasteiger partial charge in [0.15, 0.2) is 5.78 Å². The van der Waals surface area contributed by atoms with Crippen LogP contribution >= 0.6 is 15.9 Å². The van der Waals surface area contributed by atoms with Gasteiger partial charge in [0.05, 0.1) is 0 Å². The lowest BCUT2D eigenvalue weighted by Gasteiger charge is -2.05. The van der Waals surface area contributed by atoms with Crippen molar-refractivity contribution in [2.45, 2.75) is 12.8 Å². The van der Waals surface area contributed by atoms with Crippen LogP contribution in [0.3, 0.4) is 0 Å². The lowest BCUT2D eigenvalue weighted by Crippen LogP contribution is -2.21. The van der Waals surface area contributed by atoms with E-state index in [9.17, 15) is 9.59 Å². The van der Waals surface area contributed by atoms with Crippen LogP contribution in [0.1, 0.15) is 23.2 Å². The fraction of sp³-hybridized carbons (Fsp3) is 0.364. The standard InChI is InChI=1S/C11H11BrN2O2/c12-9-3-8(5-13-6-9)10(15)4-7-1-2-14-11(7)16/h3,5-7H,1-2,4H2,(H,14,16). The Hall–Kier alpha value is -1.23. The van der Waals surface area contributed by atoms with Crippen LogP contribution in [0, 0.1) is 5.92 Å². The molecule has 1 aromatic rings. The molecule has 1 atom stereocenters. The average Bonchev–Trinajstić information content (AvgIpc) is 2.64. The Kier molecular flexibility index (Phi) is 3.33. The molecule has 0 aromatic carbocycles. The number of amides is 1. The predicted octanol–water partition coefficient (Wildman–Crippen LogP) is 1.55. The summed E-state index contributed by atoms with van der Waals surface area (Å²) in [5.41, 5.74) is 0.550. The van der Waals surface area contributed by atoms with Crippen molar-refractivity contribution in [2.24, 2.45) is 5.92 Å². The van der Waals surface area contributed by atoms with Crippen molar-refractivity contribution in [3.63, 3.8) is 0 Å². The number of carbonyl (C=O) groups is 2. The summed E-state index contributed by atoms with van der Waals surface area (Å²) in [5, 5.41) is 2.72. The Morgan fingerprint density at radius 2 is 2.38 bits per heavy atom. The maximum atomic E-state index is 11.9. The van der Waals surface area contributed by atoms with Crippen LogP contribution in [0.15, 0.2) is 22.9 Å². The minimum absolute atomic E-state index is 0.0173. The third kappa shape index (κ3) is 2.47. The monoisotopic (exact) mass is 282 g/mol. The molecule has 0 radical (unpaired) electrons. The van der Waals surface area contributed by atoms with E-state index in [2.05, 4.69) is 26.2 Å². The summed E-state index contributed by atoms with van der Waals surface area (Å²) in [6.45, 7) is 0.674. The van der Waals surface area contributed by atoms with Crippen molar-refractivity contribution in [3.8, 4) is 0 Å². The molecule has 1 unspecified atom stereocenters. The van der Waals surface area contributed by atoms with Gasteiger partial charge in [-0.2, -0.15) is 0 Å². The van der Waals surface area contributed by atoms with E-state index in [0.29, 0.717) is 12.1 Å². The molecule has 16 heavy (non-hydrogen) atoms. The summed E-state index contributed by atoms with van der Waals surface area (Å²) in [7, 11) is 0. The minimum Gasteiger partial charge on any atom is -0.356 e. The fourth-order valence-corrected chi connectivity index (χ4v) is 2.11. The highest BCUT2D eigenvalue weighted by Gasteiger charge is 2.26. The molecule has 1 amide bonds. The molecule has 1 aromatic heterocycles. The zero-order valence-corrected chi connectivity index (χ0v) is 10.2. The molecule has 4 nitrogen and oxygen atoms in total. The van der Waals surface area contributed by atoms with Crippen LogP contribution in [0.2, 0.25) is 0 Å². The Balaban J connectivity index is 2.05. The number of nitrogens with one attached hydrogen (secondary N) is 1. The molecular weight excluding hydrogens is 272 g/mol. The van der Waals surface area contributed by atoms with Crippen molar-refractivity contribution in [3.05, 3.63) is 28.5 Å². The van der Waals surface area contributed by atoms with Gasteiger partial charge in [-0.1, -0.05) is 0 Å². The fourth-order valence-electron chi connectivity index (χ4n) is 1.75. The van der Waals surface area contributed by atoms with E-state index < -0.39 is 0 Å². The van der Waals surface area contributed by atoms with E-state index in [0.717, 1.165) is 10.9 Å². The zero-order chi connectivity index (χ0) is 11.5. The van der Waals surface area contributed by atoms with Gasteiger partial charge in [0, 0.05) is 41.3 Å². The van der Waals surface area contributed by atoms with Crippen molar-refractivity contribution in [1.29, 1.82) is 0 Å². The van der Waals surface area contributed by atoms with Crippen LogP contribution in [-0.4, -0.2) is 23.2 Å². The van der Waals surface area contributed by atoms with Crippen LogP contribution in [0.4, 0.5) is 0 Å². The third-order valence-corrected chi connectivity index (χ3v) is 3.06. The van der Waals surface area contributed by atoms with Crippen LogP contribution in [-0.2, 0) is 4.79 Å². The van der Waals surface area contributed by atoms with Crippen LogP contribution in [0.5, 0.6) is 0 Å². The summed E-state index contributed by atoms with van der Waals surface area (Å²) in [6.07, 6.45) is 4.16. The Morgan fingerprint density at radius 3 is 3.00 bits per heavy atom. The molecule has 0 saturated carbocycles. The molecule has 1 aliphatic rings. The van der Waals surface area contributed by atoms with E-state index in [1.54, 1.807) is 12.3 Å². The van der Waals surface area contributed by atoms with Gasteiger partial charge in [0.1, 0.15) is 0 Å². The SMILES string of the molecule is O=C(CC1CCNC1=O)c1cncc(Br)c1. The lowest BCUT2D eigenvalue weighted by molar-refractivity contribution is -0.122. The van der Waals surface area contributed by atoms with Crippen LogP contribution < -0.4 is 5.32 Å². The summed E-state index contributed by atoms with van der Waals surface area (Å²) in [6, 6.07) is 1.72.